The number of likely N-dealkylation sites (tertiary alicyclic amines) is 1. The van der Waals surface area contributed by atoms with Crippen molar-refractivity contribution < 1.29 is 31.2 Å². The fourth-order valence-corrected chi connectivity index (χ4v) is 5.77. The second-order valence-electron chi connectivity index (χ2n) is 9.42. The van der Waals surface area contributed by atoms with E-state index in [0.717, 1.165) is 9.87 Å². The molecule has 34 heavy (non-hydrogen) atoms. The Labute approximate surface area is 197 Å². The van der Waals surface area contributed by atoms with Crippen LogP contribution in [0.4, 0.5) is 13.2 Å². The number of aryl methyl sites for hydroxylation is 1. The first kappa shape index (κ1) is 26.0. The molecule has 0 aromatic heterocycles. The molecule has 8 nitrogen and oxygen atoms in total. The molecule has 2 amide bonds. The molecule has 3 rings (SSSR count). The molecule has 2 atom stereocenters. The number of halogens is 3. The predicted octanol–water partition coefficient (Wildman–Crippen LogP) is 2.12. The maximum Gasteiger partial charge on any atom is 0.401 e. The van der Waals surface area contributed by atoms with Gasteiger partial charge in [-0.1, -0.05) is 31.5 Å². The monoisotopic (exact) mass is 502 g/mol. The number of nitrogens with one attached hydrogen (secondary N) is 2. The first-order chi connectivity index (χ1) is 15.7. The van der Waals surface area contributed by atoms with E-state index in [2.05, 4.69) is 10.6 Å². The highest BCUT2D eigenvalue weighted by Gasteiger charge is 2.42. The molecular weight excluding hydrogens is 473 g/mol. The molecule has 0 aliphatic carbocycles. The SMILES string of the molecule is Cc1ccc(S(=O)(=O)N2C=CNC(=O)[C@H]2CC(=O)N[C@H]2CCN(CC(F)(F)F)CC2(C)C)cc1. The summed E-state index contributed by atoms with van der Waals surface area (Å²) >= 11 is 0. The number of rotatable bonds is 6. The van der Waals surface area contributed by atoms with Crippen LogP contribution in [0.15, 0.2) is 41.6 Å². The highest BCUT2D eigenvalue weighted by atomic mass is 32.2. The summed E-state index contributed by atoms with van der Waals surface area (Å²) < 4.78 is 65.4. The highest BCUT2D eigenvalue weighted by Crippen LogP contribution is 2.31. The average molecular weight is 503 g/mol. The van der Waals surface area contributed by atoms with Gasteiger partial charge in [-0.2, -0.15) is 13.2 Å². The Balaban J connectivity index is 1.71. The van der Waals surface area contributed by atoms with Gasteiger partial charge in [0.1, 0.15) is 6.04 Å². The molecule has 188 valence electrons. The summed E-state index contributed by atoms with van der Waals surface area (Å²) in [5.74, 6) is -1.20. The third-order valence-corrected chi connectivity index (χ3v) is 7.88. The molecule has 1 aromatic carbocycles. The Bertz CT molecular complexity index is 1050. The minimum Gasteiger partial charge on any atom is -0.353 e. The van der Waals surface area contributed by atoms with Gasteiger partial charge in [0, 0.05) is 31.5 Å². The Morgan fingerprint density at radius 2 is 1.88 bits per heavy atom. The molecule has 2 aliphatic rings. The van der Waals surface area contributed by atoms with E-state index in [0.29, 0.717) is 6.42 Å². The molecule has 1 aromatic rings. The van der Waals surface area contributed by atoms with Crippen LogP contribution in [-0.4, -0.2) is 67.3 Å². The number of nitrogens with zero attached hydrogens (tertiary/aromatic N) is 2. The molecule has 2 heterocycles. The lowest BCUT2D eigenvalue weighted by Gasteiger charge is -2.44. The van der Waals surface area contributed by atoms with E-state index in [1.807, 2.05) is 6.92 Å². The lowest BCUT2D eigenvalue weighted by Crippen LogP contribution is -2.58. The third-order valence-electron chi connectivity index (χ3n) is 6.08. The van der Waals surface area contributed by atoms with E-state index in [1.54, 1.807) is 26.0 Å². The molecule has 0 unspecified atom stereocenters. The largest absolute Gasteiger partial charge is 0.401 e. The smallest absolute Gasteiger partial charge is 0.353 e. The third kappa shape index (κ3) is 6.09. The molecule has 12 heteroatoms. The Morgan fingerprint density at radius 3 is 2.47 bits per heavy atom. The Hall–Kier alpha value is -2.60. The van der Waals surface area contributed by atoms with E-state index in [1.165, 1.54) is 29.4 Å². The number of amides is 2. The van der Waals surface area contributed by atoms with Crippen molar-refractivity contribution in [2.75, 3.05) is 19.6 Å². The van der Waals surface area contributed by atoms with Crippen molar-refractivity contribution in [3.8, 4) is 0 Å². The zero-order valence-electron chi connectivity index (χ0n) is 19.2. The molecule has 0 radical (unpaired) electrons. The van der Waals surface area contributed by atoms with Gasteiger partial charge in [-0.05, 0) is 30.9 Å². The van der Waals surface area contributed by atoms with E-state index >= 15 is 0 Å². The number of carbonyl (C=O) groups is 2. The topological polar surface area (TPSA) is 98.8 Å². The van der Waals surface area contributed by atoms with Crippen LogP contribution in [0.25, 0.3) is 0 Å². The molecule has 1 saturated heterocycles. The Kier molecular flexibility index (Phi) is 7.32. The van der Waals surface area contributed by atoms with Crippen molar-refractivity contribution in [2.24, 2.45) is 5.41 Å². The van der Waals surface area contributed by atoms with Crippen molar-refractivity contribution in [2.45, 2.75) is 56.8 Å². The number of sulfonamides is 1. The van der Waals surface area contributed by atoms with Gasteiger partial charge >= 0.3 is 6.18 Å². The average Bonchev–Trinajstić information content (AvgIpc) is 2.70. The summed E-state index contributed by atoms with van der Waals surface area (Å²) in [5, 5.41) is 5.24. The number of piperidine rings is 1. The van der Waals surface area contributed by atoms with Crippen LogP contribution < -0.4 is 10.6 Å². The normalized spacial score (nSPS) is 23.5. The van der Waals surface area contributed by atoms with Crippen LogP contribution in [0, 0.1) is 12.3 Å². The number of hydrogen-bond donors (Lipinski definition) is 2. The number of benzene rings is 1. The summed E-state index contributed by atoms with van der Waals surface area (Å²) in [6, 6.07) is 4.41. The lowest BCUT2D eigenvalue weighted by atomic mass is 9.79. The van der Waals surface area contributed by atoms with Gasteiger partial charge in [0.05, 0.1) is 17.9 Å². The van der Waals surface area contributed by atoms with Crippen molar-refractivity contribution >= 4 is 21.8 Å². The molecule has 1 fully saturated rings. The number of alkyl halides is 3. The van der Waals surface area contributed by atoms with Gasteiger partial charge in [0.25, 0.3) is 10.0 Å². The van der Waals surface area contributed by atoms with Gasteiger partial charge in [-0.25, -0.2) is 8.42 Å². The quantitative estimate of drug-likeness (QED) is 0.621. The fraction of sp³-hybridized carbons (Fsp3) is 0.545. The van der Waals surface area contributed by atoms with E-state index in [4.69, 9.17) is 0 Å². The summed E-state index contributed by atoms with van der Waals surface area (Å²) in [6.07, 6.45) is -2.03. The molecular formula is C22H29F3N4O4S. The van der Waals surface area contributed by atoms with Crippen molar-refractivity contribution in [1.29, 1.82) is 0 Å². The van der Waals surface area contributed by atoms with Crippen LogP contribution in [0.1, 0.15) is 32.3 Å². The molecule has 0 spiro atoms. The lowest BCUT2D eigenvalue weighted by molar-refractivity contribution is -0.153. The minimum absolute atomic E-state index is 0.0129. The number of carbonyl (C=O) groups excluding carboxylic acids is 2. The first-order valence-electron chi connectivity index (χ1n) is 10.8. The van der Waals surface area contributed by atoms with Gasteiger partial charge in [-0.15, -0.1) is 0 Å². The summed E-state index contributed by atoms with van der Waals surface area (Å²) in [6.45, 7) is 4.63. The summed E-state index contributed by atoms with van der Waals surface area (Å²) in [7, 11) is -4.09. The minimum atomic E-state index is -4.31. The van der Waals surface area contributed by atoms with Gasteiger partial charge in [0.15, 0.2) is 0 Å². The van der Waals surface area contributed by atoms with E-state index in [-0.39, 0.29) is 18.0 Å². The van der Waals surface area contributed by atoms with Crippen molar-refractivity contribution in [3.05, 3.63) is 42.2 Å². The van der Waals surface area contributed by atoms with E-state index < -0.39 is 58.5 Å². The summed E-state index contributed by atoms with van der Waals surface area (Å²) in [5.41, 5.74) is 0.215. The maximum absolute atomic E-state index is 13.1. The van der Waals surface area contributed by atoms with Crippen LogP contribution in [0.5, 0.6) is 0 Å². The van der Waals surface area contributed by atoms with Crippen LogP contribution in [-0.2, 0) is 19.6 Å². The molecule has 2 aliphatic heterocycles. The van der Waals surface area contributed by atoms with Crippen LogP contribution >= 0.6 is 0 Å². The van der Waals surface area contributed by atoms with Gasteiger partial charge < -0.3 is 10.6 Å². The zero-order valence-corrected chi connectivity index (χ0v) is 20.0. The van der Waals surface area contributed by atoms with E-state index in [9.17, 15) is 31.2 Å². The second kappa shape index (κ2) is 9.57. The van der Waals surface area contributed by atoms with Crippen LogP contribution in [0.3, 0.4) is 0 Å². The Morgan fingerprint density at radius 1 is 1.24 bits per heavy atom. The molecule has 0 bridgehead atoms. The standard InChI is InChI=1S/C22H29F3N4O4S/c1-15-4-6-16(7-5-15)34(32,33)29-11-9-26-20(31)17(29)12-19(30)27-18-8-10-28(13-21(18,2)3)14-22(23,24)25/h4-7,9,11,17-18H,8,10,12-14H2,1-3H3,(H,26,31)(H,27,30)/t17-,18+/m1/s1. The van der Waals surface area contributed by atoms with Crippen molar-refractivity contribution in [1.82, 2.24) is 19.8 Å². The highest BCUT2D eigenvalue weighted by molar-refractivity contribution is 7.89. The zero-order chi connectivity index (χ0) is 25.3. The van der Waals surface area contributed by atoms with Crippen LogP contribution in [0.2, 0.25) is 0 Å². The molecule has 0 saturated carbocycles. The number of hydrogen-bond acceptors (Lipinski definition) is 5. The summed E-state index contributed by atoms with van der Waals surface area (Å²) in [4.78, 5) is 26.6. The maximum atomic E-state index is 13.1. The first-order valence-corrected chi connectivity index (χ1v) is 12.3. The fourth-order valence-electron chi connectivity index (χ4n) is 4.32. The van der Waals surface area contributed by atoms with Crippen molar-refractivity contribution in [3.63, 3.8) is 0 Å². The van der Waals surface area contributed by atoms with Gasteiger partial charge in [-0.3, -0.25) is 18.8 Å². The van der Waals surface area contributed by atoms with Gasteiger partial charge in [0.2, 0.25) is 11.8 Å². The predicted molar refractivity (Wildman–Crippen MR) is 119 cm³/mol. The molecule has 2 N–H and O–H groups in total. The second-order valence-corrected chi connectivity index (χ2v) is 11.3.